The second kappa shape index (κ2) is 4.89. The average molecular weight is 315 g/mol. The number of aromatic nitrogens is 2. The summed E-state index contributed by atoms with van der Waals surface area (Å²) in [4.78, 5) is 13.7. The maximum Gasteiger partial charge on any atom is 0.312 e. The van der Waals surface area contributed by atoms with Gasteiger partial charge in [-0.05, 0) is 30.4 Å². The summed E-state index contributed by atoms with van der Waals surface area (Å²) in [5, 5.41) is 2.54. The zero-order valence-corrected chi connectivity index (χ0v) is 11.3. The van der Waals surface area contributed by atoms with Crippen molar-refractivity contribution in [2.24, 2.45) is 5.73 Å². The number of carbonyl (C=O) groups excluding carboxylic acids is 1. The van der Waals surface area contributed by atoms with Crippen LogP contribution in [-0.4, -0.2) is 22.1 Å². The van der Waals surface area contributed by atoms with Crippen LogP contribution in [0.5, 0.6) is 0 Å². The van der Waals surface area contributed by atoms with Crippen LogP contribution in [0.1, 0.15) is 0 Å². The van der Waals surface area contributed by atoms with E-state index in [4.69, 9.17) is 18.0 Å². The predicted molar refractivity (Wildman–Crippen MR) is 72.4 cm³/mol. The number of nitrogens with two attached hydrogens (primary N) is 1. The predicted octanol–water partition coefficient (Wildman–Crippen LogP) is 2.13. The number of urea groups is 1. The summed E-state index contributed by atoms with van der Waals surface area (Å²) in [6.07, 6.45) is 0. The number of H-pyrrole nitrogens is 1. The van der Waals surface area contributed by atoms with Gasteiger partial charge in [-0.2, -0.15) is 0 Å². The number of aromatic amines is 1. The second-order valence-electron chi connectivity index (χ2n) is 3.53. The van der Waals surface area contributed by atoms with Crippen LogP contribution in [-0.2, 0) is 6.54 Å². The molecule has 7 heteroatoms. The first kappa shape index (κ1) is 12.1. The van der Waals surface area contributed by atoms with E-state index in [0.29, 0.717) is 17.9 Å². The first-order valence-electron chi connectivity index (χ1n) is 4.99. The molecule has 0 unspecified atom stereocenters. The molecule has 0 saturated carbocycles. The lowest BCUT2D eigenvalue weighted by Gasteiger charge is -2.04. The molecule has 0 aliphatic carbocycles. The molecule has 5 nitrogen and oxygen atoms in total. The molecule has 2 aromatic rings. The van der Waals surface area contributed by atoms with E-state index in [9.17, 15) is 4.79 Å². The summed E-state index contributed by atoms with van der Waals surface area (Å²) < 4.78 is 3.54. The molecule has 1 aromatic heterocycles. The Kier molecular flexibility index (Phi) is 3.49. The monoisotopic (exact) mass is 314 g/mol. The van der Waals surface area contributed by atoms with Crippen LogP contribution in [0.2, 0.25) is 0 Å². The number of benzene rings is 1. The van der Waals surface area contributed by atoms with Crippen LogP contribution in [0.4, 0.5) is 4.79 Å². The summed E-state index contributed by atoms with van der Waals surface area (Å²) in [6, 6.07) is 5.35. The van der Waals surface area contributed by atoms with Crippen molar-refractivity contribution in [3.8, 4) is 0 Å². The zero-order chi connectivity index (χ0) is 12.4. The fourth-order valence-corrected chi connectivity index (χ4v) is 2.31. The Labute approximate surface area is 111 Å². The first-order valence-corrected chi connectivity index (χ1v) is 6.19. The number of halogens is 1. The Balaban J connectivity index is 2.30. The molecule has 90 valence electrons. The molecule has 0 aliphatic rings. The number of fused-ring (bicyclic) bond motifs is 1. The van der Waals surface area contributed by atoms with Crippen LogP contribution < -0.4 is 11.1 Å². The number of rotatable bonds is 3. The minimum atomic E-state index is -0.529. The lowest BCUT2D eigenvalue weighted by atomic mass is 10.3. The molecule has 2 rings (SSSR count). The van der Waals surface area contributed by atoms with Gasteiger partial charge >= 0.3 is 6.03 Å². The van der Waals surface area contributed by atoms with Crippen LogP contribution in [0.15, 0.2) is 22.7 Å². The zero-order valence-electron chi connectivity index (χ0n) is 8.87. The van der Waals surface area contributed by atoms with Crippen molar-refractivity contribution in [3.63, 3.8) is 0 Å². The van der Waals surface area contributed by atoms with Gasteiger partial charge in [0, 0.05) is 17.6 Å². The largest absolute Gasteiger partial charge is 0.352 e. The molecule has 0 aliphatic heterocycles. The molecule has 0 radical (unpaired) electrons. The number of amides is 2. The van der Waals surface area contributed by atoms with E-state index >= 15 is 0 Å². The first-order chi connectivity index (χ1) is 8.08. The van der Waals surface area contributed by atoms with Gasteiger partial charge in [-0.25, -0.2) is 4.79 Å². The molecular weight excluding hydrogens is 304 g/mol. The van der Waals surface area contributed by atoms with Gasteiger partial charge in [0.25, 0.3) is 0 Å². The van der Waals surface area contributed by atoms with E-state index in [2.05, 4.69) is 26.2 Å². The highest BCUT2D eigenvalue weighted by Crippen LogP contribution is 2.19. The topological polar surface area (TPSA) is 75.8 Å². The SMILES string of the molecule is NC(=O)NCCn1c(=S)[nH]c2cc(Br)ccc21. The quantitative estimate of drug-likeness (QED) is 0.759. The van der Waals surface area contributed by atoms with Gasteiger partial charge in [-0.1, -0.05) is 15.9 Å². The molecule has 0 atom stereocenters. The van der Waals surface area contributed by atoms with Gasteiger partial charge in [-0.15, -0.1) is 0 Å². The van der Waals surface area contributed by atoms with Crippen molar-refractivity contribution in [2.75, 3.05) is 6.54 Å². The van der Waals surface area contributed by atoms with Crippen molar-refractivity contribution < 1.29 is 4.79 Å². The van der Waals surface area contributed by atoms with E-state index in [1.165, 1.54) is 0 Å². The van der Waals surface area contributed by atoms with E-state index in [1.807, 2.05) is 22.8 Å². The minimum Gasteiger partial charge on any atom is -0.352 e. The summed E-state index contributed by atoms with van der Waals surface area (Å²) in [5.41, 5.74) is 6.97. The number of nitrogens with one attached hydrogen (secondary N) is 2. The molecule has 0 fully saturated rings. The number of nitrogens with zero attached hydrogens (tertiary/aromatic N) is 1. The molecule has 0 spiro atoms. The van der Waals surface area contributed by atoms with Gasteiger partial charge in [-0.3, -0.25) is 0 Å². The standard InChI is InChI=1S/C10H11BrN4OS/c11-6-1-2-8-7(5-6)14-10(17)15(8)4-3-13-9(12)16/h1-2,5H,3-4H2,(H,14,17)(H3,12,13,16). The van der Waals surface area contributed by atoms with Gasteiger partial charge in [0.15, 0.2) is 4.77 Å². The maximum absolute atomic E-state index is 10.6. The lowest BCUT2D eigenvalue weighted by Crippen LogP contribution is -2.32. The van der Waals surface area contributed by atoms with Gasteiger partial charge in [0.2, 0.25) is 0 Å². The fraction of sp³-hybridized carbons (Fsp3) is 0.200. The fourth-order valence-electron chi connectivity index (χ4n) is 1.65. The van der Waals surface area contributed by atoms with Gasteiger partial charge < -0.3 is 20.6 Å². The second-order valence-corrected chi connectivity index (χ2v) is 4.84. The van der Waals surface area contributed by atoms with E-state index < -0.39 is 6.03 Å². The van der Waals surface area contributed by atoms with E-state index in [1.54, 1.807) is 0 Å². The normalized spacial score (nSPS) is 10.6. The Bertz CT molecular complexity index is 618. The summed E-state index contributed by atoms with van der Waals surface area (Å²) >= 11 is 8.62. The summed E-state index contributed by atoms with van der Waals surface area (Å²) in [6.45, 7) is 1.04. The highest BCUT2D eigenvalue weighted by Gasteiger charge is 2.04. The van der Waals surface area contributed by atoms with Crippen LogP contribution >= 0.6 is 28.1 Å². The number of imidazole rings is 1. The highest BCUT2D eigenvalue weighted by atomic mass is 79.9. The van der Waals surface area contributed by atoms with Crippen molar-refractivity contribution in [3.05, 3.63) is 27.4 Å². The van der Waals surface area contributed by atoms with Gasteiger partial charge in [0.1, 0.15) is 0 Å². The highest BCUT2D eigenvalue weighted by molar-refractivity contribution is 9.10. The van der Waals surface area contributed by atoms with Crippen molar-refractivity contribution >= 4 is 45.2 Å². The Hall–Kier alpha value is -1.34. The molecule has 4 N–H and O–H groups in total. The van der Waals surface area contributed by atoms with Crippen LogP contribution in [0.25, 0.3) is 11.0 Å². The van der Waals surface area contributed by atoms with Gasteiger partial charge in [0.05, 0.1) is 11.0 Å². The van der Waals surface area contributed by atoms with Crippen LogP contribution in [0.3, 0.4) is 0 Å². The van der Waals surface area contributed by atoms with E-state index in [-0.39, 0.29) is 0 Å². The number of primary amides is 1. The summed E-state index contributed by atoms with van der Waals surface area (Å²) in [5.74, 6) is 0. The third kappa shape index (κ3) is 2.67. The van der Waals surface area contributed by atoms with E-state index in [0.717, 1.165) is 15.5 Å². The average Bonchev–Trinajstić information content (AvgIpc) is 2.54. The molecule has 1 heterocycles. The third-order valence-corrected chi connectivity index (χ3v) is 3.19. The Morgan fingerprint density at radius 2 is 2.35 bits per heavy atom. The van der Waals surface area contributed by atoms with Crippen LogP contribution in [0, 0.1) is 4.77 Å². The summed E-state index contributed by atoms with van der Waals surface area (Å²) in [7, 11) is 0. The molecule has 17 heavy (non-hydrogen) atoms. The Morgan fingerprint density at radius 1 is 1.59 bits per heavy atom. The number of hydrogen-bond donors (Lipinski definition) is 3. The minimum absolute atomic E-state index is 0.451. The molecule has 0 bridgehead atoms. The smallest absolute Gasteiger partial charge is 0.312 e. The lowest BCUT2D eigenvalue weighted by molar-refractivity contribution is 0.248. The molecule has 1 aromatic carbocycles. The van der Waals surface area contributed by atoms with Crippen molar-refractivity contribution in [1.82, 2.24) is 14.9 Å². The molecular formula is C10H11BrN4OS. The maximum atomic E-state index is 10.6. The van der Waals surface area contributed by atoms with Crippen molar-refractivity contribution in [2.45, 2.75) is 6.54 Å². The number of carbonyl (C=O) groups is 1. The molecule has 2 amide bonds. The molecule has 0 saturated heterocycles. The van der Waals surface area contributed by atoms with Crippen molar-refractivity contribution in [1.29, 1.82) is 0 Å². The Morgan fingerprint density at radius 3 is 3.06 bits per heavy atom. The number of hydrogen-bond acceptors (Lipinski definition) is 2. The third-order valence-electron chi connectivity index (χ3n) is 2.37.